The predicted octanol–water partition coefficient (Wildman–Crippen LogP) is 0.708. The molecule has 0 amide bonds. The van der Waals surface area contributed by atoms with Gasteiger partial charge in [-0.05, 0) is 6.26 Å². The highest BCUT2D eigenvalue weighted by atomic mass is 32.2. The molecule has 6 heteroatoms. The van der Waals surface area contributed by atoms with E-state index in [4.69, 9.17) is 5.73 Å². The van der Waals surface area contributed by atoms with Crippen LogP contribution in [0.15, 0.2) is 6.20 Å². The first-order chi connectivity index (χ1) is 6.69. The molecule has 5 nitrogen and oxygen atoms in total. The fourth-order valence-corrected chi connectivity index (χ4v) is 1.30. The van der Waals surface area contributed by atoms with Gasteiger partial charge >= 0.3 is 5.97 Å². The number of nitrogens with two attached hydrogens (primary N) is 1. The molecule has 2 N–H and O–H groups in total. The van der Waals surface area contributed by atoms with Gasteiger partial charge in [0.2, 0.25) is 0 Å². The first-order valence-corrected chi connectivity index (χ1v) is 5.27. The van der Waals surface area contributed by atoms with Crippen molar-refractivity contribution in [2.45, 2.75) is 5.75 Å². The van der Waals surface area contributed by atoms with Crippen LogP contribution < -0.4 is 5.73 Å². The van der Waals surface area contributed by atoms with Gasteiger partial charge in [-0.15, -0.1) is 0 Å². The van der Waals surface area contributed by atoms with Crippen LogP contribution in [0.1, 0.15) is 16.2 Å². The molecular formula is C8H11N3O2S. The normalized spacial score (nSPS) is 9.86. The zero-order valence-corrected chi connectivity index (χ0v) is 8.80. The average molecular weight is 213 g/mol. The standard InChI is InChI=1S/C8H11N3O2S/c1-13-8(12)5-3-10-6(4-14-2)11-7(5)9/h3H,4H2,1-2H3,(H2,9,10,11). The lowest BCUT2D eigenvalue weighted by Crippen LogP contribution is -2.09. The molecule has 0 saturated carbocycles. The van der Waals surface area contributed by atoms with Crippen molar-refractivity contribution in [2.75, 3.05) is 19.1 Å². The minimum absolute atomic E-state index is 0.163. The monoisotopic (exact) mass is 213 g/mol. The summed E-state index contributed by atoms with van der Waals surface area (Å²) in [5.41, 5.74) is 5.77. The molecule has 0 saturated heterocycles. The third kappa shape index (κ3) is 2.35. The summed E-state index contributed by atoms with van der Waals surface area (Å²) >= 11 is 1.59. The quantitative estimate of drug-likeness (QED) is 0.745. The van der Waals surface area contributed by atoms with Crippen LogP contribution in [0.25, 0.3) is 0 Å². The number of carbonyl (C=O) groups is 1. The van der Waals surface area contributed by atoms with Crippen molar-refractivity contribution in [3.63, 3.8) is 0 Å². The molecule has 0 bridgehead atoms. The van der Waals surface area contributed by atoms with Crippen LogP contribution in [0.2, 0.25) is 0 Å². The van der Waals surface area contributed by atoms with Crippen LogP contribution in [-0.2, 0) is 10.5 Å². The van der Waals surface area contributed by atoms with Crippen molar-refractivity contribution in [1.29, 1.82) is 0 Å². The topological polar surface area (TPSA) is 78.1 Å². The summed E-state index contributed by atoms with van der Waals surface area (Å²) in [4.78, 5) is 19.1. The van der Waals surface area contributed by atoms with E-state index in [1.54, 1.807) is 11.8 Å². The molecule has 14 heavy (non-hydrogen) atoms. The van der Waals surface area contributed by atoms with E-state index in [1.807, 2.05) is 6.26 Å². The van der Waals surface area contributed by atoms with Gasteiger partial charge < -0.3 is 10.5 Å². The molecule has 0 aliphatic rings. The Bertz CT molecular complexity index is 343. The number of hydrogen-bond acceptors (Lipinski definition) is 6. The van der Waals surface area contributed by atoms with Gasteiger partial charge in [-0.3, -0.25) is 0 Å². The van der Waals surface area contributed by atoms with Gasteiger partial charge in [-0.25, -0.2) is 14.8 Å². The van der Waals surface area contributed by atoms with Crippen LogP contribution >= 0.6 is 11.8 Å². The third-order valence-corrected chi connectivity index (χ3v) is 2.09. The van der Waals surface area contributed by atoms with E-state index in [2.05, 4.69) is 14.7 Å². The second kappa shape index (κ2) is 4.80. The Morgan fingerprint density at radius 1 is 1.71 bits per heavy atom. The lowest BCUT2D eigenvalue weighted by Gasteiger charge is -2.03. The molecule has 0 aromatic carbocycles. The second-order valence-corrected chi connectivity index (χ2v) is 3.38. The Kier molecular flexibility index (Phi) is 3.70. The van der Waals surface area contributed by atoms with Gasteiger partial charge in [-0.2, -0.15) is 11.8 Å². The molecule has 1 aromatic heterocycles. The maximum Gasteiger partial charge on any atom is 0.343 e. The Labute approximate surface area is 86.1 Å². The molecule has 76 valence electrons. The van der Waals surface area contributed by atoms with E-state index in [0.717, 1.165) is 0 Å². The fourth-order valence-electron chi connectivity index (χ4n) is 0.899. The Balaban J connectivity index is 2.95. The van der Waals surface area contributed by atoms with E-state index in [9.17, 15) is 4.79 Å². The summed E-state index contributed by atoms with van der Waals surface area (Å²) in [6.45, 7) is 0. The number of aromatic nitrogens is 2. The Hall–Kier alpha value is -1.30. The van der Waals surface area contributed by atoms with Gasteiger partial charge in [-0.1, -0.05) is 0 Å². The first kappa shape index (κ1) is 10.8. The summed E-state index contributed by atoms with van der Waals surface area (Å²) in [7, 11) is 1.29. The molecule has 1 aromatic rings. The zero-order valence-electron chi connectivity index (χ0n) is 7.98. The minimum atomic E-state index is -0.516. The third-order valence-electron chi connectivity index (χ3n) is 1.55. The molecule has 0 aliphatic heterocycles. The second-order valence-electron chi connectivity index (χ2n) is 2.51. The smallest absolute Gasteiger partial charge is 0.343 e. The van der Waals surface area contributed by atoms with Gasteiger partial charge in [0.05, 0.1) is 12.9 Å². The highest BCUT2D eigenvalue weighted by Crippen LogP contribution is 2.11. The van der Waals surface area contributed by atoms with Crippen molar-refractivity contribution in [3.05, 3.63) is 17.6 Å². The number of ether oxygens (including phenoxy) is 1. The number of carbonyl (C=O) groups excluding carboxylic acids is 1. The minimum Gasteiger partial charge on any atom is -0.465 e. The molecule has 0 atom stereocenters. The van der Waals surface area contributed by atoms with Crippen molar-refractivity contribution >= 4 is 23.5 Å². The van der Waals surface area contributed by atoms with Crippen LogP contribution in [0.3, 0.4) is 0 Å². The number of thioether (sulfide) groups is 1. The van der Waals surface area contributed by atoms with Gasteiger partial charge in [0.15, 0.2) is 0 Å². The summed E-state index contributed by atoms with van der Waals surface area (Å²) in [5, 5.41) is 0. The molecular weight excluding hydrogens is 202 g/mol. The van der Waals surface area contributed by atoms with Gasteiger partial charge in [0.1, 0.15) is 17.2 Å². The molecule has 0 spiro atoms. The van der Waals surface area contributed by atoms with Crippen molar-refractivity contribution in [1.82, 2.24) is 9.97 Å². The molecule has 0 aliphatic carbocycles. The van der Waals surface area contributed by atoms with E-state index in [-0.39, 0.29) is 11.4 Å². The van der Waals surface area contributed by atoms with Crippen LogP contribution in [0.4, 0.5) is 5.82 Å². The lowest BCUT2D eigenvalue weighted by molar-refractivity contribution is 0.0601. The fraction of sp³-hybridized carbons (Fsp3) is 0.375. The molecule has 1 rings (SSSR count). The number of esters is 1. The molecule has 0 unspecified atom stereocenters. The zero-order chi connectivity index (χ0) is 10.6. The number of nitrogen functional groups attached to an aromatic ring is 1. The number of rotatable bonds is 3. The average Bonchev–Trinajstić information content (AvgIpc) is 2.17. The van der Waals surface area contributed by atoms with Crippen molar-refractivity contribution in [3.8, 4) is 0 Å². The first-order valence-electron chi connectivity index (χ1n) is 3.87. The summed E-state index contributed by atoms with van der Waals surface area (Å²) in [5.74, 6) is 0.933. The number of anilines is 1. The summed E-state index contributed by atoms with van der Waals surface area (Å²) in [6.07, 6.45) is 3.33. The van der Waals surface area contributed by atoms with Crippen molar-refractivity contribution < 1.29 is 9.53 Å². The lowest BCUT2D eigenvalue weighted by atomic mass is 10.3. The van der Waals surface area contributed by atoms with Gasteiger partial charge in [0, 0.05) is 6.20 Å². The van der Waals surface area contributed by atoms with E-state index < -0.39 is 5.97 Å². The Morgan fingerprint density at radius 3 is 2.93 bits per heavy atom. The maximum absolute atomic E-state index is 11.1. The maximum atomic E-state index is 11.1. The van der Waals surface area contributed by atoms with E-state index in [1.165, 1.54) is 13.3 Å². The highest BCUT2D eigenvalue weighted by molar-refractivity contribution is 7.97. The SMILES string of the molecule is COC(=O)c1cnc(CSC)nc1N. The van der Waals surface area contributed by atoms with Gasteiger partial charge in [0.25, 0.3) is 0 Å². The summed E-state index contributed by atoms with van der Waals surface area (Å²) < 4.78 is 4.51. The van der Waals surface area contributed by atoms with Crippen LogP contribution in [-0.4, -0.2) is 29.3 Å². The largest absolute Gasteiger partial charge is 0.465 e. The molecule has 0 fully saturated rings. The predicted molar refractivity (Wildman–Crippen MR) is 55.0 cm³/mol. The number of hydrogen-bond donors (Lipinski definition) is 1. The Morgan fingerprint density at radius 2 is 2.43 bits per heavy atom. The number of methoxy groups -OCH3 is 1. The number of nitrogens with zero attached hydrogens (tertiary/aromatic N) is 2. The molecule has 1 heterocycles. The molecule has 0 radical (unpaired) electrons. The van der Waals surface area contributed by atoms with E-state index >= 15 is 0 Å². The van der Waals surface area contributed by atoms with E-state index in [0.29, 0.717) is 11.6 Å². The van der Waals surface area contributed by atoms with Crippen LogP contribution in [0.5, 0.6) is 0 Å². The van der Waals surface area contributed by atoms with Crippen LogP contribution in [0, 0.1) is 0 Å². The summed E-state index contributed by atoms with van der Waals surface area (Å²) in [6, 6.07) is 0. The van der Waals surface area contributed by atoms with Crippen molar-refractivity contribution in [2.24, 2.45) is 0 Å². The highest BCUT2D eigenvalue weighted by Gasteiger charge is 2.12.